The predicted octanol–water partition coefficient (Wildman–Crippen LogP) is 1.09. The molecule has 0 saturated carbocycles. The zero-order valence-corrected chi connectivity index (χ0v) is 7.87. The Hall–Kier alpha value is -0.860. The molecule has 0 saturated heterocycles. The smallest absolute Gasteiger partial charge is 0.00367 e. The first-order valence-electron chi connectivity index (χ1n) is 4.69. The van der Waals surface area contributed by atoms with Crippen molar-refractivity contribution in [2.24, 2.45) is 11.5 Å². The molecule has 13 heavy (non-hydrogen) atoms. The second-order valence-electron chi connectivity index (χ2n) is 3.07. The summed E-state index contributed by atoms with van der Waals surface area (Å²) in [5.41, 5.74) is 13.4. The summed E-state index contributed by atoms with van der Waals surface area (Å²) in [6.07, 6.45) is 4.04. The van der Waals surface area contributed by atoms with Gasteiger partial charge in [0.1, 0.15) is 0 Å². The van der Waals surface area contributed by atoms with Gasteiger partial charge in [0.25, 0.3) is 0 Å². The molecular weight excluding hydrogens is 160 g/mol. The summed E-state index contributed by atoms with van der Waals surface area (Å²) < 4.78 is 0. The van der Waals surface area contributed by atoms with Crippen molar-refractivity contribution in [3.8, 4) is 0 Å². The van der Waals surface area contributed by atoms with E-state index in [1.807, 2.05) is 0 Å². The molecule has 2 heteroatoms. The largest absolute Gasteiger partial charge is 0.330 e. The molecule has 1 aromatic rings. The van der Waals surface area contributed by atoms with Gasteiger partial charge in [0, 0.05) is 0 Å². The van der Waals surface area contributed by atoms with E-state index in [4.69, 9.17) is 11.5 Å². The first-order valence-corrected chi connectivity index (χ1v) is 4.69. The molecule has 0 heterocycles. The highest BCUT2D eigenvalue weighted by atomic mass is 14.5. The van der Waals surface area contributed by atoms with Crippen LogP contribution in [0.3, 0.4) is 0 Å². The molecule has 0 unspecified atom stereocenters. The minimum atomic E-state index is 0.709. The van der Waals surface area contributed by atoms with Crippen LogP contribution in [0.1, 0.15) is 17.5 Å². The molecular formula is C11H17N2. The average Bonchev–Trinajstić information content (AvgIpc) is 2.16. The molecule has 1 rings (SSSR count). The molecule has 0 amide bonds. The van der Waals surface area contributed by atoms with E-state index in [1.54, 1.807) is 0 Å². The van der Waals surface area contributed by atoms with Crippen LogP contribution >= 0.6 is 0 Å². The second kappa shape index (κ2) is 5.73. The first-order chi connectivity index (χ1) is 6.36. The van der Waals surface area contributed by atoms with Crippen LogP contribution in [0.2, 0.25) is 0 Å². The lowest BCUT2D eigenvalue weighted by molar-refractivity contribution is 0.947. The normalized spacial score (nSPS) is 10.3. The summed E-state index contributed by atoms with van der Waals surface area (Å²) in [7, 11) is 0. The molecule has 0 aliphatic heterocycles. The molecule has 4 N–H and O–H groups in total. The number of hydrogen-bond acceptors (Lipinski definition) is 2. The summed E-state index contributed by atoms with van der Waals surface area (Å²) >= 11 is 0. The van der Waals surface area contributed by atoms with Crippen molar-refractivity contribution in [1.29, 1.82) is 0 Å². The Kier molecular flexibility index (Phi) is 4.50. The van der Waals surface area contributed by atoms with Crippen LogP contribution in [-0.4, -0.2) is 13.1 Å². The molecule has 0 atom stereocenters. The third-order valence-electron chi connectivity index (χ3n) is 1.93. The minimum absolute atomic E-state index is 0.709. The fraction of sp³-hybridized carbons (Fsp3) is 0.364. The third-order valence-corrected chi connectivity index (χ3v) is 1.93. The number of nitrogens with two attached hydrogens (primary N) is 2. The molecule has 71 valence electrons. The fourth-order valence-electron chi connectivity index (χ4n) is 1.29. The van der Waals surface area contributed by atoms with E-state index in [-0.39, 0.29) is 0 Å². The molecule has 2 nitrogen and oxygen atoms in total. The van der Waals surface area contributed by atoms with E-state index in [9.17, 15) is 0 Å². The number of benzene rings is 1. The average molecular weight is 177 g/mol. The van der Waals surface area contributed by atoms with Gasteiger partial charge in [0.05, 0.1) is 0 Å². The van der Waals surface area contributed by atoms with Gasteiger partial charge in [-0.05, 0) is 43.5 Å². The lowest BCUT2D eigenvalue weighted by atomic mass is 10.0. The van der Waals surface area contributed by atoms with Crippen molar-refractivity contribution < 1.29 is 0 Å². The molecule has 0 spiro atoms. The van der Waals surface area contributed by atoms with Crippen molar-refractivity contribution in [3.63, 3.8) is 0 Å². The Morgan fingerprint density at radius 2 is 2.00 bits per heavy atom. The standard InChI is InChI=1S/C11H17N2/c12-7-2-5-10-3-1-4-11(9-10)6-8-13/h1,3-5,9H,2,6-8,12-13H2. The molecule has 1 radical (unpaired) electrons. The molecule has 0 aliphatic rings. The van der Waals surface area contributed by atoms with Crippen molar-refractivity contribution >= 4 is 0 Å². The zero-order chi connectivity index (χ0) is 9.52. The molecule has 0 aromatic heterocycles. The minimum Gasteiger partial charge on any atom is -0.330 e. The Labute approximate surface area is 79.9 Å². The van der Waals surface area contributed by atoms with Gasteiger partial charge in [-0.2, -0.15) is 0 Å². The summed E-state index contributed by atoms with van der Waals surface area (Å²) in [6.45, 7) is 1.42. The monoisotopic (exact) mass is 177 g/mol. The maximum atomic E-state index is 5.48. The van der Waals surface area contributed by atoms with Crippen LogP contribution in [0, 0.1) is 6.42 Å². The van der Waals surface area contributed by atoms with E-state index in [2.05, 4.69) is 30.7 Å². The van der Waals surface area contributed by atoms with Gasteiger partial charge in [-0.25, -0.2) is 0 Å². The molecule has 1 aromatic carbocycles. The van der Waals surface area contributed by atoms with Crippen molar-refractivity contribution in [1.82, 2.24) is 0 Å². The van der Waals surface area contributed by atoms with E-state index < -0.39 is 0 Å². The highest BCUT2D eigenvalue weighted by Crippen LogP contribution is 2.08. The van der Waals surface area contributed by atoms with Gasteiger partial charge in [0.15, 0.2) is 0 Å². The van der Waals surface area contributed by atoms with E-state index in [0.717, 1.165) is 12.8 Å². The summed E-state index contributed by atoms with van der Waals surface area (Å²) in [5, 5.41) is 0. The lowest BCUT2D eigenvalue weighted by Crippen LogP contribution is -2.03. The van der Waals surface area contributed by atoms with E-state index >= 15 is 0 Å². The van der Waals surface area contributed by atoms with Crippen LogP contribution in [0.15, 0.2) is 24.3 Å². The molecule has 0 aliphatic carbocycles. The van der Waals surface area contributed by atoms with E-state index in [0.29, 0.717) is 13.1 Å². The Morgan fingerprint density at radius 3 is 2.69 bits per heavy atom. The van der Waals surface area contributed by atoms with E-state index in [1.165, 1.54) is 11.1 Å². The highest BCUT2D eigenvalue weighted by Gasteiger charge is 1.95. The second-order valence-corrected chi connectivity index (χ2v) is 3.07. The maximum Gasteiger partial charge on any atom is -0.00367 e. The van der Waals surface area contributed by atoms with Crippen molar-refractivity contribution in [3.05, 3.63) is 41.8 Å². The van der Waals surface area contributed by atoms with Gasteiger partial charge in [-0.15, -0.1) is 0 Å². The zero-order valence-electron chi connectivity index (χ0n) is 7.87. The summed E-state index contributed by atoms with van der Waals surface area (Å²) in [6, 6.07) is 8.43. The van der Waals surface area contributed by atoms with Gasteiger partial charge in [0.2, 0.25) is 0 Å². The van der Waals surface area contributed by atoms with Gasteiger partial charge >= 0.3 is 0 Å². The van der Waals surface area contributed by atoms with Gasteiger partial charge < -0.3 is 11.5 Å². The molecule has 0 fully saturated rings. The quantitative estimate of drug-likeness (QED) is 0.707. The Morgan fingerprint density at radius 1 is 1.15 bits per heavy atom. The number of hydrogen-bond donors (Lipinski definition) is 2. The van der Waals surface area contributed by atoms with Crippen molar-refractivity contribution in [2.75, 3.05) is 13.1 Å². The fourth-order valence-corrected chi connectivity index (χ4v) is 1.29. The Bertz CT molecular complexity index is 246. The van der Waals surface area contributed by atoms with Crippen LogP contribution in [0.4, 0.5) is 0 Å². The van der Waals surface area contributed by atoms with Crippen LogP contribution in [0.5, 0.6) is 0 Å². The number of rotatable bonds is 5. The van der Waals surface area contributed by atoms with Crippen LogP contribution in [0.25, 0.3) is 0 Å². The van der Waals surface area contributed by atoms with Gasteiger partial charge in [-0.1, -0.05) is 24.3 Å². The van der Waals surface area contributed by atoms with Gasteiger partial charge in [-0.3, -0.25) is 0 Å². The summed E-state index contributed by atoms with van der Waals surface area (Å²) in [5.74, 6) is 0. The first kappa shape index (κ1) is 10.2. The third kappa shape index (κ3) is 3.57. The predicted molar refractivity (Wildman–Crippen MR) is 56.3 cm³/mol. The Balaban J connectivity index is 2.56. The molecule has 0 bridgehead atoms. The van der Waals surface area contributed by atoms with Crippen LogP contribution in [-0.2, 0) is 6.42 Å². The van der Waals surface area contributed by atoms with Crippen LogP contribution < -0.4 is 11.5 Å². The SMILES string of the molecule is NCC[CH]c1cccc(CCN)c1. The van der Waals surface area contributed by atoms with Crippen molar-refractivity contribution in [2.45, 2.75) is 12.8 Å². The lowest BCUT2D eigenvalue weighted by Gasteiger charge is -2.02. The highest BCUT2D eigenvalue weighted by molar-refractivity contribution is 5.28. The topological polar surface area (TPSA) is 52.0 Å². The maximum absolute atomic E-state index is 5.48. The summed E-state index contributed by atoms with van der Waals surface area (Å²) in [4.78, 5) is 0.